The number of benzene rings is 3. The summed E-state index contributed by atoms with van der Waals surface area (Å²) in [5, 5.41) is 11.5. The van der Waals surface area contributed by atoms with Crippen LogP contribution in [0.4, 0.5) is 0 Å². The third-order valence-electron chi connectivity index (χ3n) is 4.97. The molecule has 0 fully saturated rings. The molecule has 128 valence electrons. The molecule has 0 aliphatic rings. The number of hydrogen-bond donors (Lipinski definition) is 1. The number of hydrogen-bond acceptors (Lipinski definition) is 1. The fourth-order valence-electron chi connectivity index (χ4n) is 3.73. The van der Waals surface area contributed by atoms with E-state index in [0.29, 0.717) is 5.56 Å². The molecule has 0 radical (unpaired) electrons. The number of fused-ring (bicyclic) bond motifs is 2. The number of carboxylic acids is 1. The van der Waals surface area contributed by atoms with Gasteiger partial charge in [0.2, 0.25) is 11.0 Å². The second-order valence-electron chi connectivity index (χ2n) is 6.37. The second kappa shape index (κ2) is 6.22. The quantitative estimate of drug-likeness (QED) is 0.364. The minimum Gasteiger partial charge on any atom is -0.478 e. The third kappa shape index (κ3) is 2.41. The van der Waals surface area contributed by atoms with Gasteiger partial charge in [-0.15, -0.1) is 0 Å². The van der Waals surface area contributed by atoms with Crippen molar-refractivity contribution in [1.82, 2.24) is 0 Å². The smallest absolute Gasteiger partial charge is 0.337 e. The summed E-state index contributed by atoms with van der Waals surface area (Å²) in [5.41, 5.74) is 5.23. The summed E-state index contributed by atoms with van der Waals surface area (Å²) < 4.78 is 3.05. The van der Waals surface area contributed by atoms with E-state index in [0.717, 1.165) is 43.0 Å². The van der Waals surface area contributed by atoms with Gasteiger partial charge in [-0.25, -0.2) is 4.79 Å². The van der Waals surface area contributed by atoms with Crippen molar-refractivity contribution in [3.63, 3.8) is 0 Å². The van der Waals surface area contributed by atoms with Crippen LogP contribution < -0.4 is 4.57 Å². The molecule has 4 aromatic rings. The van der Waals surface area contributed by atoms with Gasteiger partial charge in [-0.05, 0) is 41.8 Å². The van der Waals surface area contributed by atoms with Gasteiger partial charge in [0, 0.05) is 16.6 Å². The fourth-order valence-corrected chi connectivity index (χ4v) is 4.23. The SMILES string of the molecule is Cc1c(-c2ccccc2Br)ccc2c1c(C(=O)O)c1ccccc1[n+]2C. The molecule has 0 saturated heterocycles. The maximum Gasteiger partial charge on any atom is 0.337 e. The first kappa shape index (κ1) is 16.7. The Morgan fingerprint density at radius 1 is 0.923 bits per heavy atom. The average Bonchev–Trinajstić information content (AvgIpc) is 2.63. The van der Waals surface area contributed by atoms with Gasteiger partial charge in [-0.1, -0.05) is 46.3 Å². The number of aromatic nitrogens is 1. The molecule has 1 aromatic heterocycles. The molecule has 1 N–H and O–H groups in total. The van der Waals surface area contributed by atoms with Crippen molar-refractivity contribution >= 4 is 43.7 Å². The number of aromatic carboxylic acids is 1. The molecule has 3 nitrogen and oxygen atoms in total. The molecule has 0 aliphatic carbocycles. The maximum absolute atomic E-state index is 12.2. The summed E-state index contributed by atoms with van der Waals surface area (Å²) in [4.78, 5) is 12.2. The van der Waals surface area contributed by atoms with Crippen molar-refractivity contribution in [2.75, 3.05) is 0 Å². The normalized spacial score (nSPS) is 11.2. The molecular weight excluding hydrogens is 390 g/mol. The van der Waals surface area contributed by atoms with Crippen LogP contribution in [0.3, 0.4) is 0 Å². The molecule has 0 unspecified atom stereocenters. The van der Waals surface area contributed by atoms with Gasteiger partial charge in [0.1, 0.15) is 7.05 Å². The Labute approximate surface area is 159 Å². The van der Waals surface area contributed by atoms with Crippen LogP contribution in [0.5, 0.6) is 0 Å². The number of nitrogens with zero attached hydrogens (tertiary/aromatic N) is 1. The first-order chi connectivity index (χ1) is 12.5. The standard InChI is InChI=1S/C22H16BrNO2/c1-13-14(15-7-3-5-9-17(15)23)11-12-19-20(13)21(22(25)26)16-8-4-6-10-18(16)24(19)2/h3-12H,1-2H3/p+1. The monoisotopic (exact) mass is 406 g/mol. The van der Waals surface area contributed by atoms with Crippen LogP contribution in [-0.4, -0.2) is 11.1 Å². The summed E-state index contributed by atoms with van der Waals surface area (Å²) in [5.74, 6) is -0.904. The highest BCUT2D eigenvalue weighted by atomic mass is 79.9. The lowest BCUT2D eigenvalue weighted by molar-refractivity contribution is -0.617. The molecule has 0 bridgehead atoms. The van der Waals surface area contributed by atoms with Crippen LogP contribution in [0, 0.1) is 6.92 Å². The summed E-state index contributed by atoms with van der Waals surface area (Å²) in [7, 11) is 1.98. The molecular formula is C22H17BrNO2+. The zero-order chi connectivity index (χ0) is 18.4. The lowest BCUT2D eigenvalue weighted by atomic mass is 9.92. The Balaban J connectivity index is 2.22. The zero-order valence-electron chi connectivity index (χ0n) is 14.5. The zero-order valence-corrected chi connectivity index (χ0v) is 16.0. The molecule has 1 heterocycles. The van der Waals surface area contributed by atoms with Gasteiger partial charge < -0.3 is 5.11 Å². The highest BCUT2D eigenvalue weighted by molar-refractivity contribution is 9.10. The minimum absolute atomic E-state index is 0.361. The van der Waals surface area contributed by atoms with Gasteiger partial charge in [-0.2, -0.15) is 4.57 Å². The molecule has 0 atom stereocenters. The van der Waals surface area contributed by atoms with Gasteiger partial charge in [0.15, 0.2) is 0 Å². The molecule has 0 saturated carbocycles. The average molecular weight is 407 g/mol. The Kier molecular flexibility index (Phi) is 4.00. The first-order valence-corrected chi connectivity index (χ1v) is 9.12. The van der Waals surface area contributed by atoms with Gasteiger partial charge >= 0.3 is 5.97 Å². The molecule has 0 amide bonds. The lowest BCUT2D eigenvalue weighted by Crippen LogP contribution is -2.31. The van der Waals surface area contributed by atoms with Crippen LogP contribution in [0.1, 0.15) is 15.9 Å². The highest BCUT2D eigenvalue weighted by Crippen LogP contribution is 2.36. The van der Waals surface area contributed by atoms with Crippen molar-refractivity contribution < 1.29 is 14.5 Å². The molecule has 26 heavy (non-hydrogen) atoms. The molecule has 4 heteroatoms. The predicted molar refractivity (Wildman–Crippen MR) is 107 cm³/mol. The van der Waals surface area contributed by atoms with E-state index in [9.17, 15) is 9.90 Å². The van der Waals surface area contributed by atoms with Gasteiger partial charge in [0.05, 0.1) is 16.3 Å². The van der Waals surface area contributed by atoms with Crippen molar-refractivity contribution in [2.45, 2.75) is 6.92 Å². The van der Waals surface area contributed by atoms with Crippen molar-refractivity contribution in [1.29, 1.82) is 0 Å². The first-order valence-electron chi connectivity index (χ1n) is 8.33. The number of pyridine rings is 1. The van der Waals surface area contributed by atoms with Crippen LogP contribution in [-0.2, 0) is 7.05 Å². The Morgan fingerprint density at radius 3 is 2.35 bits per heavy atom. The third-order valence-corrected chi connectivity index (χ3v) is 5.66. The predicted octanol–water partition coefficient (Wildman–Crippen LogP) is 5.25. The van der Waals surface area contributed by atoms with Gasteiger partial charge in [0.25, 0.3) is 0 Å². The summed E-state index contributed by atoms with van der Waals surface area (Å²) >= 11 is 3.61. The van der Waals surface area contributed by atoms with E-state index >= 15 is 0 Å². The van der Waals surface area contributed by atoms with Crippen molar-refractivity contribution in [2.24, 2.45) is 7.05 Å². The summed E-state index contributed by atoms with van der Waals surface area (Å²) in [6.45, 7) is 2.00. The van der Waals surface area contributed by atoms with Crippen molar-refractivity contribution in [3.8, 4) is 11.1 Å². The van der Waals surface area contributed by atoms with E-state index < -0.39 is 5.97 Å². The number of rotatable bonds is 2. The topological polar surface area (TPSA) is 41.2 Å². The number of aryl methyl sites for hydroxylation is 2. The van der Waals surface area contributed by atoms with E-state index in [1.807, 2.05) is 68.6 Å². The van der Waals surface area contributed by atoms with E-state index in [4.69, 9.17) is 0 Å². The number of halogens is 1. The lowest BCUT2D eigenvalue weighted by Gasteiger charge is -2.13. The Bertz CT molecular complexity index is 1200. The van der Waals surface area contributed by atoms with E-state index in [1.165, 1.54) is 0 Å². The molecule has 0 spiro atoms. The highest BCUT2D eigenvalue weighted by Gasteiger charge is 2.24. The summed E-state index contributed by atoms with van der Waals surface area (Å²) in [6.07, 6.45) is 0. The van der Waals surface area contributed by atoms with E-state index in [1.54, 1.807) is 0 Å². The molecule has 3 aromatic carbocycles. The van der Waals surface area contributed by atoms with Crippen LogP contribution in [0.15, 0.2) is 65.1 Å². The number of para-hydroxylation sites is 1. The van der Waals surface area contributed by atoms with Crippen LogP contribution >= 0.6 is 15.9 Å². The minimum atomic E-state index is -0.904. The largest absolute Gasteiger partial charge is 0.478 e. The maximum atomic E-state index is 12.2. The van der Waals surface area contributed by atoms with Crippen LogP contribution in [0.2, 0.25) is 0 Å². The van der Waals surface area contributed by atoms with E-state index in [2.05, 4.69) is 26.6 Å². The Hall–Kier alpha value is -2.72. The summed E-state index contributed by atoms with van der Waals surface area (Å²) in [6, 6.07) is 19.7. The molecule has 4 rings (SSSR count). The van der Waals surface area contributed by atoms with Crippen LogP contribution in [0.25, 0.3) is 32.9 Å². The number of carboxylic acid groups (broad SMARTS) is 1. The van der Waals surface area contributed by atoms with Gasteiger partial charge in [-0.3, -0.25) is 0 Å². The van der Waals surface area contributed by atoms with E-state index in [-0.39, 0.29) is 0 Å². The molecule has 0 aliphatic heterocycles. The Morgan fingerprint density at radius 2 is 1.62 bits per heavy atom. The second-order valence-corrected chi connectivity index (χ2v) is 7.22. The van der Waals surface area contributed by atoms with Crippen molar-refractivity contribution in [3.05, 3.63) is 76.3 Å². The fraction of sp³-hybridized carbons (Fsp3) is 0.0909. The number of carbonyl (C=O) groups is 1.